The Balaban J connectivity index is 2.04. The van der Waals surface area contributed by atoms with E-state index < -0.39 is 0 Å². The number of amidine groups is 1. The zero-order chi connectivity index (χ0) is 14.7. The first-order valence-corrected chi connectivity index (χ1v) is 6.57. The van der Waals surface area contributed by atoms with Gasteiger partial charge in [-0.1, -0.05) is 18.2 Å². The number of aromatic nitrogens is 2. The lowest BCUT2D eigenvalue weighted by Gasteiger charge is -2.17. The zero-order valence-corrected chi connectivity index (χ0v) is 12.2. The summed E-state index contributed by atoms with van der Waals surface area (Å²) in [7, 11) is 4.04. The van der Waals surface area contributed by atoms with Crippen molar-refractivity contribution in [2.45, 2.75) is 20.0 Å². The minimum Gasteiger partial charge on any atom is -0.384 e. The van der Waals surface area contributed by atoms with Crippen LogP contribution in [-0.2, 0) is 20.1 Å². The number of rotatable bonds is 5. The normalized spacial score (nSPS) is 11.0. The summed E-state index contributed by atoms with van der Waals surface area (Å²) in [5.74, 6) is 0.108. The van der Waals surface area contributed by atoms with Crippen LogP contribution in [0.2, 0.25) is 0 Å². The maximum absolute atomic E-state index is 7.48. The number of nitrogens with zero attached hydrogens (tertiary/aromatic N) is 3. The molecular weight excluding hydrogens is 250 g/mol. The fourth-order valence-corrected chi connectivity index (χ4v) is 2.29. The monoisotopic (exact) mass is 271 g/mol. The summed E-state index contributed by atoms with van der Waals surface area (Å²) in [4.78, 5) is 2.22. The Bertz CT molecular complexity index is 614. The van der Waals surface area contributed by atoms with Gasteiger partial charge in [-0.3, -0.25) is 15.0 Å². The summed E-state index contributed by atoms with van der Waals surface area (Å²) in [6.07, 6.45) is 0. The molecule has 0 atom stereocenters. The molecule has 1 heterocycles. The van der Waals surface area contributed by atoms with Gasteiger partial charge in [0, 0.05) is 25.7 Å². The van der Waals surface area contributed by atoms with E-state index in [2.05, 4.69) is 29.2 Å². The highest BCUT2D eigenvalue weighted by Crippen LogP contribution is 2.10. The average Bonchev–Trinajstić information content (AvgIpc) is 2.67. The minimum atomic E-state index is 0.108. The Morgan fingerprint density at radius 2 is 2.10 bits per heavy atom. The number of hydrogen-bond donors (Lipinski definition) is 2. The van der Waals surface area contributed by atoms with Crippen LogP contribution in [0.5, 0.6) is 0 Å². The molecule has 0 saturated carbocycles. The second-order valence-corrected chi connectivity index (χ2v) is 5.19. The smallest absolute Gasteiger partial charge is 0.122 e. The first-order valence-electron chi connectivity index (χ1n) is 6.57. The predicted octanol–water partition coefficient (Wildman–Crippen LogP) is 1.64. The molecule has 1 aromatic heterocycles. The highest BCUT2D eigenvalue weighted by atomic mass is 15.3. The van der Waals surface area contributed by atoms with Crippen LogP contribution in [0.15, 0.2) is 30.3 Å². The summed E-state index contributed by atoms with van der Waals surface area (Å²) in [6, 6.07) is 9.91. The van der Waals surface area contributed by atoms with Gasteiger partial charge in [0.05, 0.1) is 11.4 Å². The van der Waals surface area contributed by atoms with Gasteiger partial charge in [-0.2, -0.15) is 5.10 Å². The number of nitrogens with two attached hydrogens (primary N) is 1. The maximum atomic E-state index is 7.48. The second-order valence-electron chi connectivity index (χ2n) is 5.19. The molecule has 0 radical (unpaired) electrons. The van der Waals surface area contributed by atoms with Crippen molar-refractivity contribution in [3.63, 3.8) is 0 Å². The van der Waals surface area contributed by atoms with E-state index in [1.54, 1.807) is 0 Å². The number of aryl methyl sites for hydroxylation is 2. The minimum absolute atomic E-state index is 0.108. The van der Waals surface area contributed by atoms with Gasteiger partial charge in [0.2, 0.25) is 0 Å². The third-order valence-electron chi connectivity index (χ3n) is 3.22. The van der Waals surface area contributed by atoms with Crippen LogP contribution in [0.1, 0.15) is 22.5 Å². The molecule has 2 rings (SSSR count). The first kappa shape index (κ1) is 14.3. The number of benzene rings is 1. The Hall–Kier alpha value is -2.14. The summed E-state index contributed by atoms with van der Waals surface area (Å²) < 4.78 is 1.91. The molecule has 0 fully saturated rings. The first-order chi connectivity index (χ1) is 9.45. The third kappa shape index (κ3) is 3.45. The van der Waals surface area contributed by atoms with Gasteiger partial charge in [0.1, 0.15) is 5.84 Å². The summed E-state index contributed by atoms with van der Waals surface area (Å²) in [5, 5.41) is 11.8. The summed E-state index contributed by atoms with van der Waals surface area (Å²) in [6.45, 7) is 3.65. The number of hydrogen-bond acceptors (Lipinski definition) is 3. The highest BCUT2D eigenvalue weighted by molar-refractivity contribution is 5.95. The molecule has 3 N–H and O–H groups in total. The lowest BCUT2D eigenvalue weighted by Crippen LogP contribution is -2.19. The van der Waals surface area contributed by atoms with Gasteiger partial charge in [-0.05, 0) is 31.7 Å². The van der Waals surface area contributed by atoms with Crippen LogP contribution < -0.4 is 5.73 Å². The van der Waals surface area contributed by atoms with Gasteiger partial charge in [-0.25, -0.2) is 0 Å². The van der Waals surface area contributed by atoms with Gasteiger partial charge >= 0.3 is 0 Å². The molecular formula is C15H21N5. The van der Waals surface area contributed by atoms with E-state index in [1.165, 1.54) is 5.69 Å². The molecule has 5 nitrogen and oxygen atoms in total. The van der Waals surface area contributed by atoms with Crippen LogP contribution in [0.3, 0.4) is 0 Å². The Morgan fingerprint density at radius 3 is 2.70 bits per heavy atom. The fourth-order valence-electron chi connectivity index (χ4n) is 2.29. The highest BCUT2D eigenvalue weighted by Gasteiger charge is 2.07. The van der Waals surface area contributed by atoms with Crippen molar-refractivity contribution in [1.29, 1.82) is 5.41 Å². The van der Waals surface area contributed by atoms with Gasteiger partial charge in [-0.15, -0.1) is 0 Å². The quantitative estimate of drug-likeness (QED) is 0.641. The summed E-state index contributed by atoms with van der Waals surface area (Å²) in [5.41, 5.74) is 9.66. The molecule has 106 valence electrons. The molecule has 0 amide bonds. The van der Waals surface area contributed by atoms with E-state index in [1.807, 2.05) is 36.9 Å². The van der Waals surface area contributed by atoms with Crippen molar-refractivity contribution in [3.8, 4) is 0 Å². The molecule has 20 heavy (non-hydrogen) atoms. The zero-order valence-electron chi connectivity index (χ0n) is 12.2. The molecule has 2 aromatic rings. The third-order valence-corrected chi connectivity index (χ3v) is 3.22. The van der Waals surface area contributed by atoms with Crippen LogP contribution in [-0.4, -0.2) is 27.6 Å². The van der Waals surface area contributed by atoms with Gasteiger partial charge in [0.25, 0.3) is 0 Å². The second kappa shape index (κ2) is 5.88. The molecule has 0 spiro atoms. The molecule has 0 aliphatic rings. The molecule has 0 aliphatic heterocycles. The number of nitrogens with one attached hydrogen (secondary N) is 1. The molecule has 0 unspecified atom stereocenters. The van der Waals surface area contributed by atoms with E-state index in [0.29, 0.717) is 0 Å². The predicted molar refractivity (Wildman–Crippen MR) is 80.6 cm³/mol. The van der Waals surface area contributed by atoms with Crippen molar-refractivity contribution in [2.24, 2.45) is 12.8 Å². The van der Waals surface area contributed by atoms with E-state index in [-0.39, 0.29) is 5.84 Å². The Morgan fingerprint density at radius 1 is 1.35 bits per heavy atom. The van der Waals surface area contributed by atoms with Crippen LogP contribution in [0, 0.1) is 12.3 Å². The van der Waals surface area contributed by atoms with Crippen molar-refractivity contribution in [3.05, 3.63) is 52.8 Å². The number of nitrogen functional groups attached to an aromatic ring is 1. The molecule has 1 aromatic carbocycles. The molecule has 0 saturated heterocycles. The van der Waals surface area contributed by atoms with E-state index in [9.17, 15) is 0 Å². The van der Waals surface area contributed by atoms with Crippen molar-refractivity contribution in [1.82, 2.24) is 14.7 Å². The van der Waals surface area contributed by atoms with E-state index in [0.717, 1.165) is 29.9 Å². The summed E-state index contributed by atoms with van der Waals surface area (Å²) >= 11 is 0. The SMILES string of the molecule is Cc1cc(CN(C)Cc2cccc(C(=N)N)c2)n(C)n1. The van der Waals surface area contributed by atoms with Gasteiger partial charge in [0.15, 0.2) is 0 Å². The average molecular weight is 271 g/mol. The van der Waals surface area contributed by atoms with Crippen LogP contribution >= 0.6 is 0 Å². The lowest BCUT2D eigenvalue weighted by molar-refractivity contribution is 0.309. The van der Waals surface area contributed by atoms with Crippen molar-refractivity contribution < 1.29 is 0 Å². The molecule has 5 heteroatoms. The fraction of sp³-hybridized carbons (Fsp3) is 0.333. The van der Waals surface area contributed by atoms with E-state index in [4.69, 9.17) is 11.1 Å². The van der Waals surface area contributed by atoms with Gasteiger partial charge < -0.3 is 5.73 Å². The topological polar surface area (TPSA) is 70.9 Å². The van der Waals surface area contributed by atoms with Crippen molar-refractivity contribution >= 4 is 5.84 Å². The Labute approximate surface area is 119 Å². The standard InChI is InChI=1S/C15H21N5/c1-11-7-14(20(3)18-11)10-19(2)9-12-5-4-6-13(8-12)15(16)17/h4-8H,9-10H2,1-3H3,(H3,16,17). The Kier molecular flexibility index (Phi) is 4.20. The largest absolute Gasteiger partial charge is 0.384 e. The molecule has 0 aliphatic carbocycles. The molecule has 0 bridgehead atoms. The van der Waals surface area contributed by atoms with Crippen LogP contribution in [0.4, 0.5) is 0 Å². The van der Waals surface area contributed by atoms with Crippen molar-refractivity contribution in [2.75, 3.05) is 7.05 Å². The van der Waals surface area contributed by atoms with Crippen LogP contribution in [0.25, 0.3) is 0 Å². The van der Waals surface area contributed by atoms with E-state index >= 15 is 0 Å². The lowest BCUT2D eigenvalue weighted by atomic mass is 10.1. The maximum Gasteiger partial charge on any atom is 0.122 e.